The zero-order valence-electron chi connectivity index (χ0n) is 10.4. The topological polar surface area (TPSA) is 61.3 Å². The maximum absolute atomic E-state index is 11.6. The van der Waals surface area contributed by atoms with Gasteiger partial charge in [-0.15, -0.1) is 0 Å². The lowest BCUT2D eigenvalue weighted by Gasteiger charge is -2.09. The summed E-state index contributed by atoms with van der Waals surface area (Å²) in [5, 5.41) is 0. The lowest BCUT2D eigenvalue weighted by atomic mass is 10.1. The van der Waals surface area contributed by atoms with Gasteiger partial charge in [-0.1, -0.05) is 6.07 Å². The van der Waals surface area contributed by atoms with Gasteiger partial charge in [-0.25, -0.2) is 9.78 Å². The first-order chi connectivity index (χ1) is 9.15. The van der Waals surface area contributed by atoms with E-state index < -0.39 is 5.97 Å². The van der Waals surface area contributed by atoms with Gasteiger partial charge in [0.15, 0.2) is 0 Å². The molecule has 0 aliphatic carbocycles. The number of rotatable bonds is 3. The molecule has 2 aromatic rings. The van der Waals surface area contributed by atoms with Crippen molar-refractivity contribution in [2.24, 2.45) is 0 Å². The first-order valence-corrected chi connectivity index (χ1v) is 6.19. The van der Waals surface area contributed by atoms with Crippen molar-refractivity contribution in [3.05, 3.63) is 40.8 Å². The molecule has 0 N–H and O–H groups in total. The molecule has 0 aliphatic heterocycles. The van der Waals surface area contributed by atoms with Crippen molar-refractivity contribution in [3.63, 3.8) is 0 Å². The first kappa shape index (κ1) is 13.5. The minimum atomic E-state index is -0.441. The van der Waals surface area contributed by atoms with Crippen LogP contribution in [-0.4, -0.2) is 30.2 Å². The zero-order chi connectivity index (χ0) is 13.8. The molecule has 1 aromatic heterocycles. The van der Waals surface area contributed by atoms with Gasteiger partial charge in [0.1, 0.15) is 15.9 Å². The molecule has 19 heavy (non-hydrogen) atoms. The minimum absolute atomic E-state index is 0.372. The number of methoxy groups -OCH3 is 2. The van der Waals surface area contributed by atoms with E-state index in [1.165, 1.54) is 14.2 Å². The van der Waals surface area contributed by atoms with Crippen LogP contribution in [0.1, 0.15) is 10.4 Å². The Bertz CT molecular complexity index is 617. The van der Waals surface area contributed by atoms with Crippen molar-refractivity contribution in [1.82, 2.24) is 9.97 Å². The Morgan fingerprint density at radius 2 is 2.05 bits per heavy atom. The number of carbonyl (C=O) groups is 1. The molecule has 0 fully saturated rings. The van der Waals surface area contributed by atoms with Crippen LogP contribution in [0.3, 0.4) is 0 Å². The molecule has 0 bridgehead atoms. The molecule has 0 saturated heterocycles. The first-order valence-electron chi connectivity index (χ1n) is 5.40. The molecule has 0 spiro atoms. The Hall–Kier alpha value is -1.95. The molecule has 5 nitrogen and oxygen atoms in total. The van der Waals surface area contributed by atoms with Crippen LogP contribution in [0.15, 0.2) is 35.2 Å². The van der Waals surface area contributed by atoms with Gasteiger partial charge < -0.3 is 9.47 Å². The summed E-state index contributed by atoms with van der Waals surface area (Å²) < 4.78 is 10.5. The van der Waals surface area contributed by atoms with Gasteiger partial charge in [0.05, 0.1) is 32.3 Å². The van der Waals surface area contributed by atoms with Crippen LogP contribution in [0.25, 0.3) is 11.3 Å². The molecular formula is C13H11BrN2O3. The SMILES string of the molecule is COC(=O)c1ccc(-c2cncc(Br)n2)cc1OC. The summed E-state index contributed by atoms with van der Waals surface area (Å²) >= 11 is 3.26. The second-order valence-electron chi connectivity index (χ2n) is 3.63. The number of aromatic nitrogens is 2. The summed E-state index contributed by atoms with van der Waals surface area (Å²) in [6, 6.07) is 5.14. The zero-order valence-corrected chi connectivity index (χ0v) is 12.0. The maximum Gasteiger partial charge on any atom is 0.341 e. The number of carbonyl (C=O) groups excluding carboxylic acids is 1. The quantitative estimate of drug-likeness (QED) is 0.813. The van der Waals surface area contributed by atoms with Crippen LogP contribution in [-0.2, 0) is 4.74 Å². The molecule has 0 radical (unpaired) electrons. The van der Waals surface area contributed by atoms with Crippen LogP contribution in [0.5, 0.6) is 5.75 Å². The normalized spacial score (nSPS) is 10.1. The molecule has 0 atom stereocenters. The molecule has 1 aromatic carbocycles. The summed E-state index contributed by atoms with van der Waals surface area (Å²) in [5.41, 5.74) is 1.86. The van der Waals surface area contributed by atoms with Crippen LogP contribution < -0.4 is 4.74 Å². The number of benzene rings is 1. The standard InChI is InChI=1S/C13H11BrN2O3/c1-18-11-5-8(3-4-9(11)13(17)19-2)10-6-15-7-12(14)16-10/h3-7H,1-2H3. The highest BCUT2D eigenvalue weighted by Crippen LogP contribution is 2.27. The fourth-order valence-corrected chi connectivity index (χ4v) is 1.92. The summed E-state index contributed by atoms with van der Waals surface area (Å²) in [6.45, 7) is 0. The molecule has 0 unspecified atom stereocenters. The van der Waals surface area contributed by atoms with E-state index in [2.05, 4.69) is 30.6 Å². The van der Waals surface area contributed by atoms with Gasteiger partial charge >= 0.3 is 5.97 Å². The maximum atomic E-state index is 11.6. The monoisotopic (exact) mass is 322 g/mol. The minimum Gasteiger partial charge on any atom is -0.496 e. The van der Waals surface area contributed by atoms with E-state index in [4.69, 9.17) is 4.74 Å². The predicted molar refractivity (Wildman–Crippen MR) is 73.1 cm³/mol. The third kappa shape index (κ3) is 2.90. The number of hydrogen-bond acceptors (Lipinski definition) is 5. The Kier molecular flexibility index (Phi) is 4.11. The Labute approximate surface area is 118 Å². The van der Waals surface area contributed by atoms with Crippen molar-refractivity contribution >= 4 is 21.9 Å². The van der Waals surface area contributed by atoms with E-state index in [0.717, 1.165) is 5.56 Å². The molecule has 2 rings (SSSR count). The van der Waals surface area contributed by atoms with Crippen molar-refractivity contribution in [2.45, 2.75) is 0 Å². The van der Waals surface area contributed by atoms with Gasteiger partial charge in [0.2, 0.25) is 0 Å². The molecule has 1 heterocycles. The van der Waals surface area contributed by atoms with E-state index in [-0.39, 0.29) is 0 Å². The number of nitrogens with zero attached hydrogens (tertiary/aromatic N) is 2. The van der Waals surface area contributed by atoms with E-state index in [9.17, 15) is 4.79 Å². The van der Waals surface area contributed by atoms with Crippen LogP contribution >= 0.6 is 15.9 Å². The lowest BCUT2D eigenvalue weighted by molar-refractivity contribution is 0.0597. The molecule has 0 amide bonds. The second kappa shape index (κ2) is 5.79. The third-order valence-corrected chi connectivity index (χ3v) is 2.89. The molecule has 6 heteroatoms. The number of halogens is 1. The highest BCUT2D eigenvalue weighted by Gasteiger charge is 2.14. The smallest absolute Gasteiger partial charge is 0.341 e. The van der Waals surface area contributed by atoms with Crippen LogP contribution in [0.4, 0.5) is 0 Å². The number of hydrogen-bond donors (Lipinski definition) is 0. The lowest BCUT2D eigenvalue weighted by Crippen LogP contribution is -2.04. The second-order valence-corrected chi connectivity index (χ2v) is 4.45. The Morgan fingerprint density at radius 3 is 2.68 bits per heavy atom. The molecule has 0 aliphatic rings. The van der Waals surface area contributed by atoms with Gasteiger partial charge in [-0.05, 0) is 28.1 Å². The van der Waals surface area contributed by atoms with E-state index in [1.54, 1.807) is 30.6 Å². The average molecular weight is 323 g/mol. The van der Waals surface area contributed by atoms with Gasteiger partial charge in [-0.2, -0.15) is 0 Å². The van der Waals surface area contributed by atoms with E-state index in [1.807, 2.05) is 0 Å². The van der Waals surface area contributed by atoms with Gasteiger partial charge in [0.25, 0.3) is 0 Å². The Morgan fingerprint density at radius 1 is 1.26 bits per heavy atom. The highest BCUT2D eigenvalue weighted by molar-refractivity contribution is 9.10. The van der Waals surface area contributed by atoms with Crippen molar-refractivity contribution in [3.8, 4) is 17.0 Å². The van der Waals surface area contributed by atoms with Crippen molar-refractivity contribution < 1.29 is 14.3 Å². The average Bonchev–Trinajstić information content (AvgIpc) is 2.45. The van der Waals surface area contributed by atoms with Gasteiger partial charge in [0, 0.05) is 5.56 Å². The number of esters is 1. The van der Waals surface area contributed by atoms with Crippen molar-refractivity contribution in [2.75, 3.05) is 14.2 Å². The largest absolute Gasteiger partial charge is 0.496 e. The summed E-state index contributed by atoms with van der Waals surface area (Å²) in [6.07, 6.45) is 3.24. The Balaban J connectivity index is 2.47. The van der Waals surface area contributed by atoms with Crippen LogP contribution in [0.2, 0.25) is 0 Å². The predicted octanol–water partition coefficient (Wildman–Crippen LogP) is 2.70. The number of ether oxygens (including phenoxy) is 2. The summed E-state index contributed by atoms with van der Waals surface area (Å²) in [5.74, 6) is -0.00477. The molecule has 0 saturated carbocycles. The molecular weight excluding hydrogens is 312 g/mol. The van der Waals surface area contributed by atoms with E-state index >= 15 is 0 Å². The van der Waals surface area contributed by atoms with Crippen LogP contribution in [0, 0.1) is 0 Å². The summed E-state index contributed by atoms with van der Waals surface area (Å²) in [4.78, 5) is 19.9. The summed E-state index contributed by atoms with van der Waals surface area (Å²) in [7, 11) is 2.83. The third-order valence-electron chi connectivity index (χ3n) is 2.51. The van der Waals surface area contributed by atoms with Gasteiger partial charge in [-0.3, -0.25) is 4.98 Å². The van der Waals surface area contributed by atoms with Crippen molar-refractivity contribution in [1.29, 1.82) is 0 Å². The highest BCUT2D eigenvalue weighted by atomic mass is 79.9. The molecule has 98 valence electrons. The van der Waals surface area contributed by atoms with E-state index in [0.29, 0.717) is 21.6 Å². The fourth-order valence-electron chi connectivity index (χ4n) is 1.61. The fraction of sp³-hybridized carbons (Fsp3) is 0.154.